The highest BCUT2D eigenvalue weighted by molar-refractivity contribution is 9.10. The fraction of sp³-hybridized carbons (Fsp3) is 0.375. The summed E-state index contributed by atoms with van der Waals surface area (Å²) in [6.45, 7) is 0.104. The highest BCUT2D eigenvalue weighted by Crippen LogP contribution is 2.36. The number of methoxy groups -OCH3 is 2. The first kappa shape index (κ1) is 20.4. The highest BCUT2D eigenvalue weighted by atomic mass is 79.9. The molecule has 0 radical (unpaired) electrons. The van der Waals surface area contributed by atoms with Crippen LogP contribution in [0, 0.1) is 0 Å². The molecule has 0 atom stereocenters. The lowest BCUT2D eigenvalue weighted by atomic mass is 10.3. The number of nitrogens with zero attached hydrogens (tertiary/aromatic N) is 4. The molecule has 1 aromatic carbocycles. The van der Waals surface area contributed by atoms with Crippen LogP contribution >= 0.6 is 15.9 Å². The molecule has 1 heterocycles. The topological polar surface area (TPSA) is 84.9 Å². The summed E-state index contributed by atoms with van der Waals surface area (Å²) in [6.07, 6.45) is 1.60. The first-order chi connectivity index (χ1) is 12.2. The van der Waals surface area contributed by atoms with Crippen LogP contribution in [0.25, 0.3) is 0 Å². The van der Waals surface area contributed by atoms with Crippen molar-refractivity contribution in [3.8, 4) is 11.5 Å². The Kier molecular flexibility index (Phi) is 6.43. The Balaban J connectivity index is 2.36. The third kappa shape index (κ3) is 4.25. The van der Waals surface area contributed by atoms with Crippen LogP contribution in [0.3, 0.4) is 0 Å². The van der Waals surface area contributed by atoms with Gasteiger partial charge in [0.25, 0.3) is 0 Å². The van der Waals surface area contributed by atoms with Gasteiger partial charge in [-0.15, -0.1) is 0 Å². The summed E-state index contributed by atoms with van der Waals surface area (Å²) < 4.78 is 38.0. The maximum atomic E-state index is 13.0. The Morgan fingerprint density at radius 3 is 2.31 bits per heavy atom. The SMILES string of the molecule is COc1cc(Br)c(S(=O)(=O)N(C)Cc2ccnc(N(C)C)n2)cc1OC. The monoisotopic (exact) mass is 444 g/mol. The molecule has 2 aromatic rings. The van der Waals surface area contributed by atoms with Gasteiger partial charge < -0.3 is 14.4 Å². The number of benzene rings is 1. The molecule has 0 saturated heterocycles. The number of anilines is 1. The molecule has 8 nitrogen and oxygen atoms in total. The van der Waals surface area contributed by atoms with Gasteiger partial charge in [-0.2, -0.15) is 4.31 Å². The molecule has 0 N–H and O–H groups in total. The number of hydrogen-bond donors (Lipinski definition) is 0. The smallest absolute Gasteiger partial charge is 0.244 e. The summed E-state index contributed by atoms with van der Waals surface area (Å²) in [5.41, 5.74) is 0.589. The Labute approximate surface area is 161 Å². The van der Waals surface area contributed by atoms with E-state index < -0.39 is 10.0 Å². The quantitative estimate of drug-likeness (QED) is 0.646. The van der Waals surface area contributed by atoms with Crippen molar-refractivity contribution < 1.29 is 17.9 Å². The lowest BCUT2D eigenvalue weighted by Crippen LogP contribution is -2.27. The van der Waals surface area contributed by atoms with Crippen LogP contribution in [0.15, 0.2) is 33.8 Å². The van der Waals surface area contributed by atoms with Crippen molar-refractivity contribution in [3.63, 3.8) is 0 Å². The largest absolute Gasteiger partial charge is 0.493 e. The van der Waals surface area contributed by atoms with Crippen molar-refractivity contribution in [3.05, 3.63) is 34.6 Å². The molecule has 142 valence electrons. The van der Waals surface area contributed by atoms with E-state index in [1.165, 1.54) is 31.6 Å². The number of ether oxygens (including phenoxy) is 2. The van der Waals surface area contributed by atoms with Gasteiger partial charge in [-0.3, -0.25) is 0 Å². The van der Waals surface area contributed by atoms with E-state index in [9.17, 15) is 8.42 Å². The van der Waals surface area contributed by atoms with Crippen LogP contribution in [-0.4, -0.2) is 58.1 Å². The van der Waals surface area contributed by atoms with Crippen LogP contribution in [0.4, 0.5) is 5.95 Å². The Morgan fingerprint density at radius 2 is 1.73 bits per heavy atom. The molecule has 0 saturated carbocycles. The molecule has 26 heavy (non-hydrogen) atoms. The van der Waals surface area contributed by atoms with E-state index in [0.29, 0.717) is 27.6 Å². The van der Waals surface area contributed by atoms with Gasteiger partial charge in [0.2, 0.25) is 16.0 Å². The fourth-order valence-corrected chi connectivity index (χ4v) is 4.34. The van der Waals surface area contributed by atoms with E-state index in [0.717, 1.165) is 0 Å². The number of rotatable bonds is 7. The van der Waals surface area contributed by atoms with E-state index in [1.807, 2.05) is 14.1 Å². The average Bonchev–Trinajstić information content (AvgIpc) is 2.61. The lowest BCUT2D eigenvalue weighted by molar-refractivity contribution is 0.353. The minimum atomic E-state index is -3.78. The standard InChI is InChI=1S/C16H21BrN4O4S/c1-20(2)16-18-7-6-11(19-16)10-21(3)26(22,23)15-9-14(25-5)13(24-4)8-12(15)17/h6-9H,10H2,1-5H3. The van der Waals surface area contributed by atoms with Crippen molar-refractivity contribution in [2.24, 2.45) is 0 Å². The minimum absolute atomic E-state index is 0.0829. The van der Waals surface area contributed by atoms with Gasteiger partial charge >= 0.3 is 0 Å². The summed E-state index contributed by atoms with van der Waals surface area (Å²) in [6, 6.07) is 4.68. The first-order valence-electron chi connectivity index (χ1n) is 7.57. The molecular weight excluding hydrogens is 424 g/mol. The summed E-state index contributed by atoms with van der Waals surface area (Å²) >= 11 is 3.30. The average molecular weight is 445 g/mol. The third-order valence-corrected chi connectivity index (χ3v) is 6.37. The van der Waals surface area contributed by atoms with E-state index in [2.05, 4.69) is 25.9 Å². The maximum Gasteiger partial charge on any atom is 0.244 e. The second-order valence-corrected chi connectivity index (χ2v) is 8.51. The predicted octanol–water partition coefficient (Wildman–Crippen LogP) is 2.14. The maximum absolute atomic E-state index is 13.0. The minimum Gasteiger partial charge on any atom is -0.493 e. The van der Waals surface area contributed by atoms with Gasteiger partial charge in [0.05, 0.1) is 26.5 Å². The molecule has 0 unspecified atom stereocenters. The number of aromatic nitrogens is 2. The molecule has 0 fully saturated rings. The molecule has 1 aromatic heterocycles. The van der Waals surface area contributed by atoms with Crippen LogP contribution in [0.2, 0.25) is 0 Å². The summed E-state index contributed by atoms with van der Waals surface area (Å²) in [7, 11) is 4.30. The lowest BCUT2D eigenvalue weighted by Gasteiger charge is -2.19. The zero-order valence-corrected chi connectivity index (χ0v) is 17.6. The van der Waals surface area contributed by atoms with Crippen molar-refractivity contribution >= 4 is 31.9 Å². The van der Waals surface area contributed by atoms with Crippen LogP contribution < -0.4 is 14.4 Å². The van der Waals surface area contributed by atoms with Gasteiger partial charge in [-0.1, -0.05) is 0 Å². The zero-order valence-electron chi connectivity index (χ0n) is 15.2. The summed E-state index contributed by atoms with van der Waals surface area (Å²) in [5.74, 6) is 1.28. The molecular formula is C16H21BrN4O4S. The fourth-order valence-electron chi connectivity index (χ4n) is 2.20. The number of sulfonamides is 1. The third-order valence-electron chi connectivity index (χ3n) is 3.61. The van der Waals surface area contributed by atoms with E-state index >= 15 is 0 Å². The number of hydrogen-bond acceptors (Lipinski definition) is 7. The number of halogens is 1. The molecule has 0 spiro atoms. The second kappa shape index (κ2) is 8.19. The van der Waals surface area contributed by atoms with Crippen molar-refractivity contribution in [2.75, 3.05) is 40.3 Å². The molecule has 0 aliphatic heterocycles. The molecule has 0 aliphatic rings. The Bertz CT molecular complexity index is 890. The van der Waals surface area contributed by atoms with Gasteiger partial charge in [-0.05, 0) is 28.1 Å². The molecule has 0 amide bonds. The van der Waals surface area contributed by atoms with Crippen LogP contribution in [0.5, 0.6) is 11.5 Å². The first-order valence-corrected chi connectivity index (χ1v) is 9.81. The molecule has 2 rings (SSSR count). The van der Waals surface area contributed by atoms with Gasteiger partial charge in [0.15, 0.2) is 11.5 Å². The summed E-state index contributed by atoms with van der Waals surface area (Å²) in [5, 5.41) is 0. The molecule has 10 heteroatoms. The van der Waals surface area contributed by atoms with Crippen LogP contribution in [-0.2, 0) is 16.6 Å². The van der Waals surface area contributed by atoms with E-state index in [1.54, 1.807) is 23.2 Å². The Hall–Kier alpha value is -1.91. The zero-order chi connectivity index (χ0) is 19.5. The van der Waals surface area contributed by atoms with E-state index in [4.69, 9.17) is 9.47 Å². The second-order valence-electron chi connectivity index (χ2n) is 5.64. The predicted molar refractivity (Wildman–Crippen MR) is 102 cm³/mol. The van der Waals surface area contributed by atoms with Gasteiger partial charge in [-0.25, -0.2) is 18.4 Å². The molecule has 0 bridgehead atoms. The van der Waals surface area contributed by atoms with Gasteiger partial charge in [0.1, 0.15) is 4.90 Å². The van der Waals surface area contributed by atoms with Crippen molar-refractivity contribution in [2.45, 2.75) is 11.4 Å². The van der Waals surface area contributed by atoms with Gasteiger partial charge in [0, 0.05) is 37.9 Å². The normalized spacial score (nSPS) is 11.5. The van der Waals surface area contributed by atoms with Crippen LogP contribution in [0.1, 0.15) is 5.69 Å². The highest BCUT2D eigenvalue weighted by Gasteiger charge is 2.26. The Morgan fingerprint density at radius 1 is 1.12 bits per heavy atom. The van der Waals surface area contributed by atoms with Crippen molar-refractivity contribution in [1.82, 2.24) is 14.3 Å². The van der Waals surface area contributed by atoms with Crippen molar-refractivity contribution in [1.29, 1.82) is 0 Å². The molecule has 0 aliphatic carbocycles. The summed E-state index contributed by atoms with van der Waals surface area (Å²) in [4.78, 5) is 10.3. The van der Waals surface area contributed by atoms with E-state index in [-0.39, 0.29) is 11.4 Å².